The average Bonchev–Trinajstić information content (AvgIpc) is 2.75. The zero-order valence-corrected chi connectivity index (χ0v) is 19.7. The van der Waals surface area contributed by atoms with Crippen LogP contribution in [0, 0.1) is 5.41 Å². The van der Waals surface area contributed by atoms with Crippen molar-refractivity contribution in [2.75, 3.05) is 39.3 Å². The third kappa shape index (κ3) is 5.55. The normalized spacial score (nSPS) is 21.8. The van der Waals surface area contributed by atoms with E-state index in [9.17, 15) is 9.59 Å². The second-order valence-electron chi connectivity index (χ2n) is 10.6. The van der Waals surface area contributed by atoms with Crippen LogP contribution in [0.2, 0.25) is 0 Å². The summed E-state index contributed by atoms with van der Waals surface area (Å²) in [5.74, 6) is 0. The lowest BCUT2D eigenvalue weighted by Crippen LogP contribution is -2.59. The molecule has 1 aromatic carbocycles. The molecule has 1 spiro atoms. The first-order valence-electron chi connectivity index (χ1n) is 11.9. The topological polar surface area (TPSA) is 62.3 Å². The molecule has 2 heterocycles. The molecule has 32 heavy (non-hydrogen) atoms. The fourth-order valence-electron chi connectivity index (χ4n) is 5.18. The van der Waals surface area contributed by atoms with Gasteiger partial charge >= 0.3 is 12.2 Å². The molecular formula is C25H37N3O4. The summed E-state index contributed by atoms with van der Waals surface area (Å²) in [5, 5.41) is 0. The second kappa shape index (κ2) is 9.30. The van der Waals surface area contributed by atoms with E-state index in [-0.39, 0.29) is 12.2 Å². The number of likely N-dealkylation sites (tertiary alicyclic amines) is 1. The van der Waals surface area contributed by atoms with Crippen molar-refractivity contribution in [1.82, 2.24) is 14.7 Å². The first kappa shape index (κ1) is 22.9. The van der Waals surface area contributed by atoms with Gasteiger partial charge in [0.15, 0.2) is 0 Å². The van der Waals surface area contributed by atoms with Crippen LogP contribution in [0.15, 0.2) is 30.3 Å². The van der Waals surface area contributed by atoms with Crippen molar-refractivity contribution < 1.29 is 19.1 Å². The summed E-state index contributed by atoms with van der Waals surface area (Å²) in [6.07, 6.45) is 4.14. The Morgan fingerprint density at radius 2 is 1.50 bits per heavy atom. The molecule has 3 aliphatic rings. The summed E-state index contributed by atoms with van der Waals surface area (Å²) >= 11 is 0. The monoisotopic (exact) mass is 443 g/mol. The van der Waals surface area contributed by atoms with E-state index in [1.54, 1.807) is 0 Å². The van der Waals surface area contributed by atoms with Gasteiger partial charge in [0.05, 0.1) is 0 Å². The molecule has 7 heteroatoms. The lowest BCUT2D eigenvalue weighted by Gasteiger charge is -2.56. The van der Waals surface area contributed by atoms with Crippen molar-refractivity contribution in [1.29, 1.82) is 0 Å². The Bertz CT molecular complexity index is 783. The van der Waals surface area contributed by atoms with Crippen LogP contribution in [0.4, 0.5) is 9.59 Å². The number of rotatable bonds is 3. The zero-order chi connectivity index (χ0) is 22.8. The number of carbonyl (C=O) groups excluding carboxylic acids is 2. The third-order valence-corrected chi connectivity index (χ3v) is 7.11. The van der Waals surface area contributed by atoms with Crippen LogP contribution >= 0.6 is 0 Å². The van der Waals surface area contributed by atoms with E-state index >= 15 is 0 Å². The lowest BCUT2D eigenvalue weighted by molar-refractivity contribution is -0.0576. The number of piperazine rings is 1. The average molecular weight is 444 g/mol. The fraction of sp³-hybridized carbons (Fsp3) is 0.680. The molecule has 0 atom stereocenters. The highest BCUT2D eigenvalue weighted by molar-refractivity contribution is 5.68. The summed E-state index contributed by atoms with van der Waals surface area (Å²) in [5.41, 5.74) is 0.954. The molecule has 176 valence electrons. The van der Waals surface area contributed by atoms with Crippen molar-refractivity contribution in [3.63, 3.8) is 0 Å². The number of hydrogen-bond acceptors (Lipinski definition) is 5. The summed E-state index contributed by atoms with van der Waals surface area (Å²) in [4.78, 5) is 30.9. The number of carbonyl (C=O) groups is 2. The van der Waals surface area contributed by atoms with Gasteiger partial charge in [-0.25, -0.2) is 9.59 Å². The quantitative estimate of drug-likeness (QED) is 0.703. The van der Waals surface area contributed by atoms with Crippen molar-refractivity contribution in [3.05, 3.63) is 35.9 Å². The molecule has 2 amide bonds. The minimum atomic E-state index is -0.441. The molecule has 1 aromatic rings. The fourth-order valence-corrected chi connectivity index (χ4v) is 5.18. The van der Waals surface area contributed by atoms with Gasteiger partial charge in [-0.2, -0.15) is 0 Å². The Hall–Kier alpha value is -2.28. The van der Waals surface area contributed by atoms with Gasteiger partial charge in [0.2, 0.25) is 0 Å². The summed E-state index contributed by atoms with van der Waals surface area (Å²) in [6.45, 7) is 10.9. The molecule has 2 aliphatic heterocycles. The number of piperidine rings is 1. The smallest absolute Gasteiger partial charge is 0.410 e. The van der Waals surface area contributed by atoms with Crippen molar-refractivity contribution in [2.24, 2.45) is 5.41 Å². The molecule has 0 radical (unpaired) electrons. The number of ether oxygens (including phenoxy) is 2. The minimum absolute atomic E-state index is 0.182. The highest BCUT2D eigenvalue weighted by atomic mass is 16.6. The maximum Gasteiger partial charge on any atom is 0.410 e. The van der Waals surface area contributed by atoms with Gasteiger partial charge < -0.3 is 19.3 Å². The first-order valence-corrected chi connectivity index (χ1v) is 11.9. The molecule has 2 saturated heterocycles. The molecule has 4 rings (SSSR count). The van der Waals surface area contributed by atoms with Crippen LogP contribution in [-0.2, 0) is 16.1 Å². The summed E-state index contributed by atoms with van der Waals surface area (Å²) < 4.78 is 11.0. The van der Waals surface area contributed by atoms with E-state index in [0.29, 0.717) is 18.1 Å². The highest BCUT2D eigenvalue weighted by Crippen LogP contribution is 2.51. The number of hydrogen-bond donors (Lipinski definition) is 0. The third-order valence-electron chi connectivity index (χ3n) is 7.11. The van der Waals surface area contributed by atoms with Crippen LogP contribution in [0.1, 0.15) is 52.0 Å². The second-order valence-corrected chi connectivity index (χ2v) is 10.6. The Morgan fingerprint density at radius 1 is 0.906 bits per heavy atom. The summed E-state index contributed by atoms with van der Waals surface area (Å²) in [6, 6.07) is 10.4. The van der Waals surface area contributed by atoms with Crippen LogP contribution in [0.25, 0.3) is 0 Å². The van der Waals surface area contributed by atoms with Gasteiger partial charge in [-0.3, -0.25) is 4.90 Å². The number of amides is 2. The van der Waals surface area contributed by atoms with Crippen LogP contribution in [0.5, 0.6) is 0 Å². The van der Waals surface area contributed by atoms with Crippen molar-refractivity contribution in [2.45, 2.75) is 64.7 Å². The minimum Gasteiger partial charge on any atom is -0.445 e. The van der Waals surface area contributed by atoms with Gasteiger partial charge in [-0.15, -0.1) is 0 Å². The van der Waals surface area contributed by atoms with E-state index in [1.165, 1.54) is 12.8 Å². The Morgan fingerprint density at radius 3 is 2.09 bits per heavy atom. The number of nitrogens with zero attached hydrogens (tertiary/aromatic N) is 3. The SMILES string of the molecule is CC(C)(C)OC(=O)N1CCC2(CC1)CC(N1CCN(C(=O)OCc3ccccc3)CC1)C2. The Kier molecular flexibility index (Phi) is 6.65. The molecule has 3 fully saturated rings. The predicted molar refractivity (Wildman–Crippen MR) is 122 cm³/mol. The lowest BCUT2D eigenvalue weighted by atomic mass is 9.60. The molecular weight excluding hydrogens is 406 g/mol. The molecule has 0 unspecified atom stereocenters. The maximum absolute atomic E-state index is 12.4. The molecule has 1 saturated carbocycles. The van der Waals surface area contributed by atoms with Gasteiger partial charge in [0.25, 0.3) is 0 Å². The molecule has 1 aliphatic carbocycles. The first-order chi connectivity index (χ1) is 15.2. The molecule has 0 N–H and O–H groups in total. The highest BCUT2D eigenvalue weighted by Gasteiger charge is 2.48. The predicted octanol–water partition coefficient (Wildman–Crippen LogP) is 4.12. The Labute approximate surface area is 191 Å². The van der Waals surface area contributed by atoms with E-state index < -0.39 is 5.60 Å². The molecule has 7 nitrogen and oxygen atoms in total. The van der Waals surface area contributed by atoms with Crippen LogP contribution in [-0.4, -0.2) is 77.8 Å². The van der Waals surface area contributed by atoms with Crippen molar-refractivity contribution in [3.8, 4) is 0 Å². The zero-order valence-electron chi connectivity index (χ0n) is 19.7. The number of benzene rings is 1. The Balaban J connectivity index is 1.15. The van der Waals surface area contributed by atoms with Gasteiger partial charge in [0, 0.05) is 45.3 Å². The van der Waals surface area contributed by atoms with Gasteiger partial charge in [0.1, 0.15) is 12.2 Å². The molecule has 0 aromatic heterocycles. The largest absolute Gasteiger partial charge is 0.445 e. The van der Waals surface area contributed by atoms with Gasteiger partial charge in [-0.05, 0) is 57.4 Å². The van der Waals surface area contributed by atoms with E-state index in [1.807, 2.05) is 60.9 Å². The molecule has 0 bridgehead atoms. The van der Waals surface area contributed by atoms with E-state index in [4.69, 9.17) is 9.47 Å². The summed E-state index contributed by atoms with van der Waals surface area (Å²) in [7, 11) is 0. The van der Waals surface area contributed by atoms with E-state index in [0.717, 1.165) is 57.7 Å². The standard InChI is InChI=1S/C25H37N3O4/c1-24(2,3)32-23(30)27-11-9-25(10-12-27)17-21(18-25)26-13-15-28(16-14-26)22(29)31-19-20-7-5-4-6-8-20/h4-8,21H,9-19H2,1-3H3. The van der Waals surface area contributed by atoms with Crippen LogP contribution in [0.3, 0.4) is 0 Å². The van der Waals surface area contributed by atoms with Crippen LogP contribution < -0.4 is 0 Å². The maximum atomic E-state index is 12.4. The van der Waals surface area contributed by atoms with Gasteiger partial charge in [-0.1, -0.05) is 30.3 Å². The van der Waals surface area contributed by atoms with Crippen molar-refractivity contribution >= 4 is 12.2 Å². The van der Waals surface area contributed by atoms with E-state index in [2.05, 4.69) is 4.90 Å².